The lowest BCUT2D eigenvalue weighted by atomic mass is 10.3. The largest absolute Gasteiger partial charge is 0.454 e. The Balaban J connectivity index is 2.24. The molecule has 1 aromatic heterocycles. The van der Waals surface area contributed by atoms with E-state index in [0.717, 1.165) is 4.47 Å². The number of halogens is 1. The molecule has 0 saturated heterocycles. The Kier molecular flexibility index (Phi) is 2.79. The molecule has 0 saturated carbocycles. The van der Waals surface area contributed by atoms with Crippen LogP contribution in [0.15, 0.2) is 47.2 Å². The summed E-state index contributed by atoms with van der Waals surface area (Å²) in [4.78, 5) is 3.96. The van der Waals surface area contributed by atoms with Crippen LogP contribution >= 0.6 is 15.9 Å². The van der Waals surface area contributed by atoms with Crippen molar-refractivity contribution >= 4 is 15.9 Å². The van der Waals surface area contributed by atoms with Crippen LogP contribution in [0.3, 0.4) is 0 Å². The van der Waals surface area contributed by atoms with E-state index in [0.29, 0.717) is 11.5 Å². The molecule has 0 aliphatic rings. The summed E-state index contributed by atoms with van der Waals surface area (Å²) in [5, 5.41) is 0. The van der Waals surface area contributed by atoms with Gasteiger partial charge >= 0.3 is 0 Å². The Morgan fingerprint density at radius 2 is 2.21 bits per heavy atom. The zero-order chi connectivity index (χ0) is 9.80. The van der Waals surface area contributed by atoms with E-state index in [-0.39, 0.29) is 0 Å². The molecule has 3 heteroatoms. The molecule has 2 aromatic rings. The molecule has 0 atom stereocenters. The minimum Gasteiger partial charge on any atom is -0.454 e. The van der Waals surface area contributed by atoms with Gasteiger partial charge in [-0.1, -0.05) is 12.1 Å². The maximum Gasteiger partial charge on any atom is 0.149 e. The minimum absolute atomic E-state index is 0.667. The lowest BCUT2D eigenvalue weighted by Crippen LogP contribution is -1.85. The van der Waals surface area contributed by atoms with Crippen molar-refractivity contribution in [2.45, 2.75) is 0 Å². The van der Waals surface area contributed by atoms with Gasteiger partial charge in [-0.05, 0) is 34.1 Å². The molecule has 0 amide bonds. The molecule has 0 aliphatic carbocycles. The first-order valence-electron chi connectivity index (χ1n) is 4.10. The SMILES string of the molecule is Brc1ccc[c]c1Oc1cccnc1. The van der Waals surface area contributed by atoms with Gasteiger partial charge in [0.15, 0.2) is 0 Å². The molecule has 69 valence electrons. The Labute approximate surface area is 90.7 Å². The van der Waals surface area contributed by atoms with E-state index in [1.165, 1.54) is 0 Å². The summed E-state index contributed by atoms with van der Waals surface area (Å²) < 4.78 is 6.42. The number of ether oxygens (including phenoxy) is 1. The molecule has 1 radical (unpaired) electrons. The van der Waals surface area contributed by atoms with Crippen molar-refractivity contribution in [3.8, 4) is 11.5 Å². The second-order valence-corrected chi connectivity index (χ2v) is 3.49. The zero-order valence-corrected chi connectivity index (χ0v) is 8.86. The van der Waals surface area contributed by atoms with Gasteiger partial charge in [0.1, 0.15) is 11.5 Å². The first kappa shape index (κ1) is 9.21. The molecule has 0 unspecified atom stereocenters. The fourth-order valence-electron chi connectivity index (χ4n) is 1.00. The van der Waals surface area contributed by atoms with E-state index in [2.05, 4.69) is 27.0 Å². The highest BCUT2D eigenvalue weighted by Gasteiger charge is 2.00. The van der Waals surface area contributed by atoms with E-state index >= 15 is 0 Å². The smallest absolute Gasteiger partial charge is 0.149 e. The van der Waals surface area contributed by atoms with E-state index < -0.39 is 0 Å². The predicted octanol–water partition coefficient (Wildman–Crippen LogP) is 3.44. The van der Waals surface area contributed by atoms with Crippen molar-refractivity contribution in [2.75, 3.05) is 0 Å². The second-order valence-electron chi connectivity index (χ2n) is 2.64. The van der Waals surface area contributed by atoms with Gasteiger partial charge in [0.25, 0.3) is 0 Å². The van der Waals surface area contributed by atoms with Crippen LogP contribution in [0, 0.1) is 6.07 Å². The summed E-state index contributed by atoms with van der Waals surface area (Å²) in [6.07, 6.45) is 3.36. The standard InChI is InChI=1S/C11H7BrNO/c12-10-5-1-2-6-11(10)14-9-4-3-7-13-8-9/h1-5,7-8H. The van der Waals surface area contributed by atoms with Gasteiger partial charge in [0.2, 0.25) is 0 Å². The number of hydrogen-bond acceptors (Lipinski definition) is 2. The lowest BCUT2D eigenvalue weighted by molar-refractivity contribution is 0.476. The Morgan fingerprint density at radius 1 is 1.29 bits per heavy atom. The van der Waals surface area contributed by atoms with Gasteiger partial charge in [-0.2, -0.15) is 0 Å². The fourth-order valence-corrected chi connectivity index (χ4v) is 1.35. The number of pyridine rings is 1. The van der Waals surface area contributed by atoms with Crippen LogP contribution in [0.4, 0.5) is 0 Å². The molecule has 0 spiro atoms. The predicted molar refractivity (Wildman–Crippen MR) is 57.3 cm³/mol. The van der Waals surface area contributed by atoms with Crippen LogP contribution < -0.4 is 4.74 Å². The van der Waals surface area contributed by atoms with Crippen LogP contribution in [0.2, 0.25) is 0 Å². The molecular formula is C11H7BrNO. The summed E-state index contributed by atoms with van der Waals surface area (Å²) in [5.41, 5.74) is 0. The Bertz CT molecular complexity index is 417. The van der Waals surface area contributed by atoms with E-state index in [1.54, 1.807) is 18.5 Å². The third-order valence-electron chi connectivity index (χ3n) is 1.62. The van der Waals surface area contributed by atoms with E-state index in [1.807, 2.05) is 24.3 Å². The topological polar surface area (TPSA) is 22.1 Å². The highest BCUT2D eigenvalue weighted by molar-refractivity contribution is 9.10. The fraction of sp³-hybridized carbons (Fsp3) is 0. The van der Waals surface area contributed by atoms with Crippen LogP contribution in [0.1, 0.15) is 0 Å². The van der Waals surface area contributed by atoms with Crippen LogP contribution in [0.5, 0.6) is 11.5 Å². The number of nitrogens with zero attached hydrogens (tertiary/aromatic N) is 1. The van der Waals surface area contributed by atoms with Crippen molar-refractivity contribution in [1.82, 2.24) is 4.98 Å². The molecule has 0 bridgehead atoms. The monoisotopic (exact) mass is 248 g/mol. The van der Waals surface area contributed by atoms with Gasteiger partial charge in [-0.25, -0.2) is 0 Å². The van der Waals surface area contributed by atoms with Crippen molar-refractivity contribution < 1.29 is 4.74 Å². The molecule has 2 nitrogen and oxygen atoms in total. The molecular weight excluding hydrogens is 242 g/mol. The zero-order valence-electron chi connectivity index (χ0n) is 7.27. The van der Waals surface area contributed by atoms with Crippen LogP contribution in [0.25, 0.3) is 0 Å². The Morgan fingerprint density at radius 3 is 2.93 bits per heavy atom. The highest BCUT2D eigenvalue weighted by atomic mass is 79.9. The quantitative estimate of drug-likeness (QED) is 0.813. The van der Waals surface area contributed by atoms with Gasteiger partial charge in [-0.15, -0.1) is 0 Å². The number of para-hydroxylation sites is 1. The summed E-state index contributed by atoms with van der Waals surface area (Å²) >= 11 is 3.38. The van der Waals surface area contributed by atoms with Gasteiger partial charge in [-0.3, -0.25) is 4.98 Å². The number of rotatable bonds is 2. The first-order valence-corrected chi connectivity index (χ1v) is 4.89. The van der Waals surface area contributed by atoms with Gasteiger partial charge in [0.05, 0.1) is 10.7 Å². The molecule has 14 heavy (non-hydrogen) atoms. The normalized spacial score (nSPS) is 9.79. The molecule has 0 aliphatic heterocycles. The molecule has 1 aromatic carbocycles. The third-order valence-corrected chi connectivity index (χ3v) is 2.25. The lowest BCUT2D eigenvalue weighted by Gasteiger charge is -2.05. The first-order chi connectivity index (χ1) is 6.86. The van der Waals surface area contributed by atoms with Crippen molar-refractivity contribution in [3.63, 3.8) is 0 Å². The summed E-state index contributed by atoms with van der Waals surface area (Å²) in [5.74, 6) is 1.37. The third kappa shape index (κ3) is 2.12. The summed E-state index contributed by atoms with van der Waals surface area (Å²) in [6.45, 7) is 0. The van der Waals surface area contributed by atoms with Crippen molar-refractivity contribution in [3.05, 3.63) is 53.3 Å². The average molecular weight is 249 g/mol. The summed E-state index contributed by atoms with van der Waals surface area (Å²) in [7, 11) is 0. The maximum atomic E-state index is 5.54. The highest BCUT2D eigenvalue weighted by Crippen LogP contribution is 2.27. The second kappa shape index (κ2) is 4.24. The average Bonchev–Trinajstić information content (AvgIpc) is 2.23. The van der Waals surface area contributed by atoms with Gasteiger partial charge < -0.3 is 4.74 Å². The molecule has 2 rings (SSSR count). The van der Waals surface area contributed by atoms with Crippen molar-refractivity contribution in [2.24, 2.45) is 0 Å². The minimum atomic E-state index is 0.667. The molecule has 1 heterocycles. The van der Waals surface area contributed by atoms with Crippen LogP contribution in [-0.2, 0) is 0 Å². The summed E-state index contributed by atoms with van der Waals surface area (Å²) in [6, 6.07) is 12.3. The van der Waals surface area contributed by atoms with Crippen molar-refractivity contribution in [1.29, 1.82) is 0 Å². The Hall–Kier alpha value is -1.35. The number of hydrogen-bond donors (Lipinski definition) is 0. The van der Waals surface area contributed by atoms with Gasteiger partial charge in [0, 0.05) is 12.3 Å². The molecule has 0 fully saturated rings. The van der Waals surface area contributed by atoms with E-state index in [9.17, 15) is 0 Å². The van der Waals surface area contributed by atoms with E-state index in [4.69, 9.17) is 4.74 Å². The van der Waals surface area contributed by atoms with Crippen LogP contribution in [-0.4, -0.2) is 4.98 Å². The maximum absolute atomic E-state index is 5.54. The number of benzene rings is 1. The molecule has 0 N–H and O–H groups in total. The number of aromatic nitrogens is 1.